The van der Waals surface area contributed by atoms with Gasteiger partial charge in [0.25, 0.3) is 0 Å². The highest BCUT2D eigenvalue weighted by Crippen LogP contribution is 1.98. The second-order valence-electron chi connectivity index (χ2n) is 3.97. The Labute approximate surface area is 87.9 Å². The number of unbranched alkanes of at least 4 members (excludes halogenated alkanes) is 3. The fourth-order valence-corrected chi connectivity index (χ4v) is 1.34. The van der Waals surface area contributed by atoms with Crippen LogP contribution in [-0.2, 0) is 4.79 Å². The Bertz CT molecular complexity index is 157. The Morgan fingerprint density at radius 1 is 1.29 bits per heavy atom. The van der Waals surface area contributed by atoms with E-state index in [0.29, 0.717) is 0 Å². The Hall–Kier alpha value is -0.570. The van der Waals surface area contributed by atoms with Crippen molar-refractivity contribution in [3.05, 3.63) is 0 Å². The first kappa shape index (κ1) is 13.4. The van der Waals surface area contributed by atoms with Crippen LogP contribution in [0.1, 0.15) is 39.5 Å². The van der Waals surface area contributed by atoms with E-state index in [1.165, 1.54) is 25.7 Å². The third-order valence-corrected chi connectivity index (χ3v) is 2.29. The molecule has 1 atom stereocenters. The molecule has 0 saturated carbocycles. The van der Waals surface area contributed by atoms with Crippen LogP contribution >= 0.6 is 0 Å². The fraction of sp³-hybridized carbons (Fsp3) is 0.909. The number of hydrogen-bond acceptors (Lipinski definition) is 2. The molecular formula is C11H24N2O. The zero-order valence-corrected chi connectivity index (χ0v) is 9.97. The second kappa shape index (κ2) is 7.80. The van der Waals surface area contributed by atoms with Gasteiger partial charge in [-0.2, -0.15) is 0 Å². The lowest BCUT2D eigenvalue weighted by atomic mass is 10.2. The summed E-state index contributed by atoms with van der Waals surface area (Å²) in [6.45, 7) is 5.06. The lowest BCUT2D eigenvalue weighted by Crippen LogP contribution is -2.41. The number of rotatable bonds is 7. The van der Waals surface area contributed by atoms with E-state index < -0.39 is 0 Å². The molecule has 3 nitrogen and oxygen atoms in total. The van der Waals surface area contributed by atoms with Crippen molar-refractivity contribution in [3.63, 3.8) is 0 Å². The van der Waals surface area contributed by atoms with E-state index in [9.17, 15) is 4.79 Å². The molecule has 1 amide bonds. The highest BCUT2D eigenvalue weighted by molar-refractivity contribution is 5.80. The largest absolute Gasteiger partial charge is 0.347 e. The lowest BCUT2D eigenvalue weighted by molar-refractivity contribution is -0.130. The maximum atomic E-state index is 11.4. The third kappa shape index (κ3) is 5.97. The molecule has 14 heavy (non-hydrogen) atoms. The molecule has 3 heteroatoms. The van der Waals surface area contributed by atoms with Gasteiger partial charge in [-0.15, -0.1) is 0 Å². The zero-order valence-electron chi connectivity index (χ0n) is 9.97. The van der Waals surface area contributed by atoms with E-state index >= 15 is 0 Å². The molecule has 0 aromatic carbocycles. The smallest absolute Gasteiger partial charge is 0.238 e. The lowest BCUT2D eigenvalue weighted by Gasteiger charge is -2.17. The fourth-order valence-electron chi connectivity index (χ4n) is 1.34. The summed E-state index contributed by atoms with van der Waals surface area (Å²) in [5.74, 6) is 0.153. The summed E-state index contributed by atoms with van der Waals surface area (Å²) < 4.78 is 0. The van der Waals surface area contributed by atoms with Crippen LogP contribution in [0.5, 0.6) is 0 Å². The molecule has 1 unspecified atom stereocenters. The Kier molecular flexibility index (Phi) is 7.48. The number of carbonyl (C=O) groups excluding carboxylic acids is 1. The van der Waals surface area contributed by atoms with Crippen LogP contribution in [0.2, 0.25) is 0 Å². The molecule has 0 heterocycles. The molecule has 0 aliphatic rings. The number of carbonyl (C=O) groups is 1. The van der Waals surface area contributed by atoms with Gasteiger partial charge in [-0.1, -0.05) is 26.2 Å². The molecule has 0 bridgehead atoms. The highest BCUT2D eigenvalue weighted by Gasteiger charge is 2.12. The minimum atomic E-state index is -0.0494. The summed E-state index contributed by atoms with van der Waals surface area (Å²) in [6.07, 6.45) is 4.97. The average molecular weight is 200 g/mol. The van der Waals surface area contributed by atoms with Gasteiger partial charge in [0.1, 0.15) is 0 Å². The van der Waals surface area contributed by atoms with Crippen LogP contribution in [0, 0.1) is 0 Å². The van der Waals surface area contributed by atoms with Gasteiger partial charge in [-0.05, 0) is 19.9 Å². The molecule has 0 aliphatic heterocycles. The Morgan fingerprint density at radius 3 is 2.43 bits per heavy atom. The van der Waals surface area contributed by atoms with Crippen molar-refractivity contribution in [1.82, 2.24) is 10.2 Å². The minimum Gasteiger partial charge on any atom is -0.347 e. The van der Waals surface area contributed by atoms with Crippen LogP contribution in [0.15, 0.2) is 0 Å². The van der Waals surface area contributed by atoms with Crippen molar-refractivity contribution >= 4 is 5.91 Å². The molecule has 0 spiro atoms. The molecule has 0 radical (unpaired) electrons. The zero-order chi connectivity index (χ0) is 11.0. The molecule has 0 fully saturated rings. The van der Waals surface area contributed by atoms with E-state index in [-0.39, 0.29) is 11.9 Å². The second-order valence-corrected chi connectivity index (χ2v) is 3.97. The third-order valence-electron chi connectivity index (χ3n) is 2.29. The Balaban J connectivity index is 3.44. The topological polar surface area (TPSA) is 32.3 Å². The normalized spacial score (nSPS) is 12.6. The van der Waals surface area contributed by atoms with Crippen LogP contribution in [0.4, 0.5) is 0 Å². The number of likely N-dealkylation sites (N-methyl/N-ethyl adjacent to an activating group) is 1. The summed E-state index contributed by atoms with van der Waals surface area (Å²) in [6, 6.07) is -0.0494. The standard InChI is InChI=1S/C11H24N2O/c1-5-6-7-8-9-12-10(2)11(14)13(3)4/h10,12H,5-9H2,1-4H3. The maximum absolute atomic E-state index is 11.4. The van der Waals surface area contributed by atoms with Gasteiger partial charge < -0.3 is 10.2 Å². The molecule has 0 aliphatic carbocycles. The van der Waals surface area contributed by atoms with E-state index in [1.54, 1.807) is 19.0 Å². The van der Waals surface area contributed by atoms with Crippen molar-refractivity contribution < 1.29 is 4.79 Å². The molecule has 0 aromatic heterocycles. The predicted octanol–water partition coefficient (Wildman–Crippen LogP) is 1.63. The molecule has 1 N–H and O–H groups in total. The summed E-state index contributed by atoms with van der Waals surface area (Å²) in [5.41, 5.74) is 0. The van der Waals surface area contributed by atoms with Gasteiger partial charge in [0, 0.05) is 14.1 Å². The van der Waals surface area contributed by atoms with Gasteiger partial charge in [0.2, 0.25) is 5.91 Å². The van der Waals surface area contributed by atoms with Gasteiger partial charge in [0.15, 0.2) is 0 Å². The van der Waals surface area contributed by atoms with Crippen molar-refractivity contribution in [1.29, 1.82) is 0 Å². The maximum Gasteiger partial charge on any atom is 0.238 e. The molecule has 0 rings (SSSR count). The summed E-state index contributed by atoms with van der Waals surface area (Å²) >= 11 is 0. The van der Waals surface area contributed by atoms with Crippen molar-refractivity contribution in [2.24, 2.45) is 0 Å². The highest BCUT2D eigenvalue weighted by atomic mass is 16.2. The van der Waals surface area contributed by atoms with Gasteiger partial charge in [0.05, 0.1) is 6.04 Å². The first-order valence-corrected chi connectivity index (χ1v) is 5.54. The Morgan fingerprint density at radius 2 is 1.93 bits per heavy atom. The first-order valence-electron chi connectivity index (χ1n) is 5.54. The van der Waals surface area contributed by atoms with E-state index in [0.717, 1.165) is 6.54 Å². The van der Waals surface area contributed by atoms with Crippen LogP contribution in [0.3, 0.4) is 0 Å². The average Bonchev–Trinajstić information content (AvgIpc) is 2.16. The van der Waals surface area contributed by atoms with E-state index in [4.69, 9.17) is 0 Å². The van der Waals surface area contributed by atoms with E-state index in [2.05, 4.69) is 12.2 Å². The summed E-state index contributed by atoms with van der Waals surface area (Å²) in [4.78, 5) is 13.1. The van der Waals surface area contributed by atoms with Gasteiger partial charge in [-0.3, -0.25) is 4.79 Å². The number of nitrogens with zero attached hydrogens (tertiary/aromatic N) is 1. The molecule has 0 saturated heterocycles. The van der Waals surface area contributed by atoms with Crippen molar-refractivity contribution in [3.8, 4) is 0 Å². The predicted molar refractivity (Wildman–Crippen MR) is 60.3 cm³/mol. The quantitative estimate of drug-likeness (QED) is 0.634. The molecule has 84 valence electrons. The molecule has 0 aromatic rings. The van der Waals surface area contributed by atoms with Crippen LogP contribution in [-0.4, -0.2) is 37.5 Å². The number of amides is 1. The van der Waals surface area contributed by atoms with Gasteiger partial charge in [-0.25, -0.2) is 0 Å². The van der Waals surface area contributed by atoms with E-state index in [1.807, 2.05) is 6.92 Å². The van der Waals surface area contributed by atoms with Crippen molar-refractivity contribution in [2.75, 3.05) is 20.6 Å². The summed E-state index contributed by atoms with van der Waals surface area (Å²) in [7, 11) is 3.58. The summed E-state index contributed by atoms with van der Waals surface area (Å²) in [5, 5.41) is 3.23. The minimum absolute atomic E-state index is 0.0494. The SMILES string of the molecule is CCCCCCNC(C)C(=O)N(C)C. The van der Waals surface area contributed by atoms with Crippen LogP contribution < -0.4 is 5.32 Å². The first-order chi connectivity index (χ1) is 6.59. The number of nitrogens with one attached hydrogen (secondary N) is 1. The van der Waals surface area contributed by atoms with Crippen LogP contribution in [0.25, 0.3) is 0 Å². The van der Waals surface area contributed by atoms with Crippen molar-refractivity contribution in [2.45, 2.75) is 45.6 Å². The monoisotopic (exact) mass is 200 g/mol. The van der Waals surface area contributed by atoms with Gasteiger partial charge >= 0.3 is 0 Å². The molecular weight excluding hydrogens is 176 g/mol. The number of hydrogen-bond donors (Lipinski definition) is 1.